The molecule has 0 aromatic heterocycles. The molecular formula is C36H47N3O7S. The number of carbonyl (C=O) groups is 2. The first kappa shape index (κ1) is 36.1. The highest BCUT2D eigenvalue weighted by Crippen LogP contribution is 2.29. The summed E-state index contributed by atoms with van der Waals surface area (Å²) in [6.07, 6.45) is 1.72. The number of nitrogens with one attached hydrogen (secondary N) is 1. The van der Waals surface area contributed by atoms with Crippen LogP contribution in [-0.4, -0.2) is 86.1 Å². The minimum Gasteiger partial charge on any atom is -0.490 e. The number of ether oxygens (including phenoxy) is 2. The first-order chi connectivity index (χ1) is 22.5. The van der Waals surface area contributed by atoms with Crippen molar-refractivity contribution < 1.29 is 32.6 Å². The third kappa shape index (κ3) is 9.87. The van der Waals surface area contributed by atoms with Crippen LogP contribution in [0.1, 0.15) is 56.0 Å². The van der Waals surface area contributed by atoms with Crippen LogP contribution in [0.25, 0.3) is 0 Å². The Morgan fingerprint density at radius 1 is 1.04 bits per heavy atom. The molecular weight excluding hydrogens is 618 g/mol. The van der Waals surface area contributed by atoms with Crippen LogP contribution >= 0.6 is 0 Å². The van der Waals surface area contributed by atoms with Crippen LogP contribution in [0.3, 0.4) is 0 Å². The Kier molecular flexibility index (Phi) is 12.9. The van der Waals surface area contributed by atoms with Crippen molar-refractivity contribution in [2.45, 2.75) is 69.6 Å². The molecule has 0 fully saturated rings. The first-order valence-corrected chi connectivity index (χ1v) is 17.6. The molecule has 1 aliphatic heterocycles. The number of amides is 2. The van der Waals surface area contributed by atoms with E-state index in [1.807, 2.05) is 44.2 Å². The zero-order valence-electron chi connectivity index (χ0n) is 27.7. The van der Waals surface area contributed by atoms with Crippen molar-refractivity contribution in [1.29, 1.82) is 0 Å². The molecule has 3 aromatic carbocycles. The molecule has 1 heterocycles. The number of anilines is 1. The molecule has 0 aliphatic carbocycles. The molecule has 0 bridgehead atoms. The van der Waals surface area contributed by atoms with Crippen LogP contribution in [0, 0.1) is 5.92 Å². The van der Waals surface area contributed by atoms with Crippen LogP contribution in [0.4, 0.5) is 5.69 Å². The molecule has 10 nitrogen and oxygen atoms in total. The second kappa shape index (κ2) is 16.9. The smallest absolute Gasteiger partial charge is 0.258 e. The van der Waals surface area contributed by atoms with E-state index in [1.165, 1.54) is 11.4 Å². The van der Waals surface area contributed by atoms with Gasteiger partial charge in [0.25, 0.3) is 5.91 Å². The zero-order valence-corrected chi connectivity index (χ0v) is 28.5. The number of hydrogen-bond acceptors (Lipinski definition) is 7. The largest absolute Gasteiger partial charge is 0.490 e. The van der Waals surface area contributed by atoms with E-state index >= 15 is 0 Å². The van der Waals surface area contributed by atoms with E-state index in [-0.39, 0.29) is 60.4 Å². The van der Waals surface area contributed by atoms with Crippen molar-refractivity contribution in [2.75, 3.05) is 38.7 Å². The van der Waals surface area contributed by atoms with Gasteiger partial charge < -0.3 is 24.8 Å². The standard InChI is InChI=1S/C36H47N3O7S/c1-26-23-39(27(2)25-40)36(42)32-22-30(37-35(41)21-29-14-7-5-8-15-29)18-19-33(32)46-28(3)13-11-12-20-45-34(26)24-38(4)47(43,44)31-16-9-6-10-17-31/h5-10,14-19,22,26-28,34,40H,11-13,20-21,23-25H2,1-4H3,(H,37,41)/t26-,27+,28+,34+/m0/s1. The maximum absolute atomic E-state index is 14.3. The summed E-state index contributed by atoms with van der Waals surface area (Å²) in [5, 5.41) is 13.1. The van der Waals surface area contributed by atoms with Gasteiger partial charge in [-0.3, -0.25) is 9.59 Å². The van der Waals surface area contributed by atoms with Gasteiger partial charge >= 0.3 is 0 Å². The topological polar surface area (TPSA) is 125 Å². The Morgan fingerprint density at radius 2 is 1.72 bits per heavy atom. The van der Waals surface area contributed by atoms with Gasteiger partial charge in [0.2, 0.25) is 15.9 Å². The van der Waals surface area contributed by atoms with Gasteiger partial charge in [-0.1, -0.05) is 55.5 Å². The van der Waals surface area contributed by atoms with Gasteiger partial charge in [-0.05, 0) is 69.0 Å². The SMILES string of the molecule is C[C@@H]1CCCCO[C@H](CN(C)S(=O)(=O)c2ccccc2)[C@@H](C)CN([C@H](C)CO)C(=O)c2cc(NC(=O)Cc3ccccc3)ccc2O1. The zero-order chi connectivity index (χ0) is 34.0. The second-order valence-corrected chi connectivity index (χ2v) is 14.4. The van der Waals surface area contributed by atoms with Gasteiger partial charge in [0.1, 0.15) is 5.75 Å². The van der Waals surface area contributed by atoms with Gasteiger partial charge in [-0.25, -0.2) is 8.42 Å². The molecule has 0 saturated carbocycles. The Balaban J connectivity index is 1.63. The van der Waals surface area contributed by atoms with Gasteiger partial charge in [0.05, 0.1) is 41.7 Å². The van der Waals surface area contributed by atoms with Gasteiger partial charge in [-0.2, -0.15) is 4.31 Å². The fourth-order valence-corrected chi connectivity index (χ4v) is 6.78. The fraction of sp³-hybridized carbons (Fsp3) is 0.444. The lowest BCUT2D eigenvalue weighted by atomic mass is 10.0. The Bertz CT molecular complexity index is 1570. The number of aliphatic hydroxyl groups is 1. The average Bonchev–Trinajstić information content (AvgIpc) is 3.06. The number of carbonyl (C=O) groups excluding carboxylic acids is 2. The van der Waals surface area contributed by atoms with E-state index in [4.69, 9.17) is 9.47 Å². The predicted molar refractivity (Wildman–Crippen MR) is 182 cm³/mol. The number of nitrogens with zero attached hydrogens (tertiary/aromatic N) is 2. The number of benzene rings is 3. The van der Waals surface area contributed by atoms with Crippen molar-refractivity contribution in [3.05, 3.63) is 90.0 Å². The maximum atomic E-state index is 14.3. The summed E-state index contributed by atoms with van der Waals surface area (Å²) < 4.78 is 40.6. The van der Waals surface area contributed by atoms with Crippen molar-refractivity contribution in [3.63, 3.8) is 0 Å². The Morgan fingerprint density at radius 3 is 2.40 bits per heavy atom. The van der Waals surface area contributed by atoms with Gasteiger partial charge in [0.15, 0.2) is 0 Å². The van der Waals surface area contributed by atoms with Crippen LogP contribution in [0.2, 0.25) is 0 Å². The fourth-order valence-electron chi connectivity index (χ4n) is 5.57. The average molecular weight is 666 g/mol. The molecule has 254 valence electrons. The molecule has 47 heavy (non-hydrogen) atoms. The third-order valence-electron chi connectivity index (χ3n) is 8.43. The Labute approximate surface area is 278 Å². The van der Waals surface area contributed by atoms with Crippen molar-refractivity contribution in [2.24, 2.45) is 5.92 Å². The number of rotatable bonds is 9. The molecule has 4 atom stereocenters. The Hall–Kier alpha value is -3.77. The molecule has 11 heteroatoms. The monoisotopic (exact) mass is 665 g/mol. The number of hydrogen-bond donors (Lipinski definition) is 2. The lowest BCUT2D eigenvalue weighted by Crippen LogP contribution is -2.48. The molecule has 0 unspecified atom stereocenters. The summed E-state index contributed by atoms with van der Waals surface area (Å²) in [4.78, 5) is 29.0. The molecule has 0 saturated heterocycles. The van der Waals surface area contributed by atoms with E-state index in [0.29, 0.717) is 24.5 Å². The molecule has 0 radical (unpaired) electrons. The highest BCUT2D eigenvalue weighted by atomic mass is 32.2. The maximum Gasteiger partial charge on any atom is 0.258 e. The highest BCUT2D eigenvalue weighted by Gasteiger charge is 2.32. The minimum absolute atomic E-state index is 0.0849. The van der Waals surface area contributed by atoms with E-state index < -0.39 is 22.2 Å². The lowest BCUT2D eigenvalue weighted by molar-refractivity contribution is -0.115. The molecule has 4 rings (SSSR count). The molecule has 2 N–H and O–H groups in total. The summed E-state index contributed by atoms with van der Waals surface area (Å²) in [7, 11) is -2.23. The lowest BCUT2D eigenvalue weighted by Gasteiger charge is -2.35. The highest BCUT2D eigenvalue weighted by molar-refractivity contribution is 7.89. The van der Waals surface area contributed by atoms with Crippen molar-refractivity contribution in [3.8, 4) is 5.75 Å². The third-order valence-corrected chi connectivity index (χ3v) is 10.3. The quantitative estimate of drug-likeness (QED) is 0.330. The molecule has 0 spiro atoms. The van der Waals surface area contributed by atoms with Crippen molar-refractivity contribution >= 4 is 27.5 Å². The summed E-state index contributed by atoms with van der Waals surface area (Å²) >= 11 is 0. The number of aliphatic hydroxyl groups excluding tert-OH is 1. The van der Waals surface area contributed by atoms with Crippen LogP contribution in [-0.2, 0) is 26.0 Å². The summed E-state index contributed by atoms with van der Waals surface area (Å²) in [5.74, 6) is -0.505. The summed E-state index contributed by atoms with van der Waals surface area (Å²) in [6, 6.07) is 22.1. The molecule has 3 aromatic rings. The molecule has 2 amide bonds. The van der Waals surface area contributed by atoms with Gasteiger partial charge in [-0.15, -0.1) is 0 Å². The predicted octanol–water partition coefficient (Wildman–Crippen LogP) is 4.98. The number of likely N-dealkylation sites (N-methyl/N-ethyl adjacent to an activating group) is 1. The second-order valence-electron chi connectivity index (χ2n) is 12.3. The van der Waals surface area contributed by atoms with E-state index in [2.05, 4.69) is 5.32 Å². The summed E-state index contributed by atoms with van der Waals surface area (Å²) in [5.41, 5.74) is 1.58. The molecule has 1 aliphatic rings. The normalized spacial score (nSPS) is 20.5. The van der Waals surface area contributed by atoms with E-state index in [1.54, 1.807) is 60.4 Å². The van der Waals surface area contributed by atoms with Crippen molar-refractivity contribution in [1.82, 2.24) is 9.21 Å². The minimum atomic E-state index is -3.77. The number of fused-ring (bicyclic) bond motifs is 1. The summed E-state index contributed by atoms with van der Waals surface area (Å²) in [6.45, 7) is 6.03. The van der Waals surface area contributed by atoms with Crippen LogP contribution < -0.4 is 10.1 Å². The number of sulfonamides is 1. The van der Waals surface area contributed by atoms with Gasteiger partial charge in [0, 0.05) is 38.3 Å². The van der Waals surface area contributed by atoms with E-state index in [9.17, 15) is 23.1 Å². The van der Waals surface area contributed by atoms with Crippen LogP contribution in [0.15, 0.2) is 83.8 Å². The van der Waals surface area contributed by atoms with E-state index in [0.717, 1.165) is 18.4 Å². The first-order valence-electron chi connectivity index (χ1n) is 16.2. The van der Waals surface area contributed by atoms with Crippen LogP contribution in [0.5, 0.6) is 5.75 Å².